The molecule has 0 aromatic rings. The normalized spacial score (nSPS) is 15.1. The lowest BCUT2D eigenvalue weighted by Gasteiger charge is -2.23. The second kappa shape index (κ2) is 42.8. The average molecular weight is 813 g/mol. The van der Waals surface area contributed by atoms with E-state index < -0.39 is 26.6 Å². The summed E-state index contributed by atoms with van der Waals surface area (Å²) < 4.78 is 22.1. The third-order valence-corrected chi connectivity index (χ3v) is 9.81. The number of carbonyl (C=O) groups is 1. The van der Waals surface area contributed by atoms with Crippen molar-refractivity contribution in [2.75, 3.05) is 19.8 Å². The minimum Gasteiger partial charge on any atom is -0.387 e. The molecule has 324 valence electrons. The molecule has 9 heteroatoms. The topological polar surface area (TPSA) is 131 Å². The number of allylic oxidation sites excluding steroid dienone is 17. The van der Waals surface area contributed by atoms with E-state index in [1.54, 1.807) is 6.08 Å². The number of hydrogen-bond acceptors (Lipinski definition) is 6. The number of hydrogen-bond donors (Lipinski definition) is 4. The maximum atomic E-state index is 12.7. The van der Waals surface area contributed by atoms with Crippen LogP contribution < -0.4 is 11.1 Å². The Morgan fingerprint density at radius 1 is 0.596 bits per heavy atom. The summed E-state index contributed by atoms with van der Waals surface area (Å²) in [4.78, 5) is 22.7. The van der Waals surface area contributed by atoms with E-state index in [-0.39, 0.29) is 25.5 Å². The predicted molar refractivity (Wildman–Crippen MR) is 244 cm³/mol. The van der Waals surface area contributed by atoms with Crippen molar-refractivity contribution in [2.45, 2.75) is 167 Å². The summed E-state index contributed by atoms with van der Waals surface area (Å²) in [6.45, 7) is 3.91. The number of nitrogens with one attached hydrogen (secondary N) is 1. The molecule has 0 heterocycles. The number of phosphoric acid groups is 1. The fraction of sp³-hybridized carbons (Fsp3) is 0.604. The number of nitrogens with two attached hydrogens (primary N) is 1. The Balaban J connectivity index is 4.46. The maximum absolute atomic E-state index is 12.7. The Kier molecular flexibility index (Phi) is 40.6. The lowest BCUT2D eigenvalue weighted by molar-refractivity contribution is -0.122. The molecule has 0 aliphatic carbocycles. The largest absolute Gasteiger partial charge is 0.472 e. The van der Waals surface area contributed by atoms with Gasteiger partial charge in [-0.15, -0.1) is 0 Å². The quantitative estimate of drug-likeness (QED) is 0.0276. The zero-order valence-corrected chi connectivity index (χ0v) is 36.7. The highest BCUT2D eigenvalue weighted by Gasteiger charge is 2.26. The summed E-state index contributed by atoms with van der Waals surface area (Å²) in [7, 11) is -4.38. The van der Waals surface area contributed by atoms with Crippen LogP contribution >= 0.6 is 7.82 Å². The van der Waals surface area contributed by atoms with E-state index >= 15 is 0 Å². The Morgan fingerprint density at radius 2 is 1.04 bits per heavy atom. The van der Waals surface area contributed by atoms with Crippen LogP contribution in [0.25, 0.3) is 0 Å². The maximum Gasteiger partial charge on any atom is 0.472 e. The van der Waals surface area contributed by atoms with E-state index in [1.807, 2.05) is 18.2 Å². The second-order valence-corrected chi connectivity index (χ2v) is 15.6. The number of aliphatic hydroxyl groups is 1. The zero-order valence-electron chi connectivity index (χ0n) is 35.8. The Labute approximate surface area is 348 Å². The highest BCUT2D eigenvalue weighted by atomic mass is 31.2. The van der Waals surface area contributed by atoms with Crippen molar-refractivity contribution in [1.29, 1.82) is 0 Å². The van der Waals surface area contributed by atoms with Crippen LogP contribution in [0, 0.1) is 0 Å². The molecule has 1 amide bonds. The van der Waals surface area contributed by atoms with Gasteiger partial charge in [0.25, 0.3) is 0 Å². The summed E-state index contributed by atoms with van der Waals surface area (Å²) in [6, 6.07) is -0.932. The van der Waals surface area contributed by atoms with Crippen molar-refractivity contribution < 1.29 is 28.4 Å². The number of amides is 1. The van der Waals surface area contributed by atoms with E-state index in [2.05, 4.69) is 104 Å². The van der Waals surface area contributed by atoms with E-state index in [1.165, 1.54) is 64.2 Å². The van der Waals surface area contributed by atoms with Gasteiger partial charge in [0.05, 0.1) is 25.4 Å². The average Bonchev–Trinajstić information content (AvgIpc) is 3.20. The number of rotatable bonds is 39. The highest BCUT2D eigenvalue weighted by molar-refractivity contribution is 7.47. The van der Waals surface area contributed by atoms with Crippen molar-refractivity contribution in [3.8, 4) is 0 Å². The van der Waals surface area contributed by atoms with Gasteiger partial charge in [-0.25, -0.2) is 4.57 Å². The summed E-state index contributed by atoms with van der Waals surface area (Å²) in [5.74, 6) is -0.295. The fourth-order valence-electron chi connectivity index (χ4n) is 5.54. The fourth-order valence-corrected chi connectivity index (χ4v) is 6.30. The van der Waals surface area contributed by atoms with E-state index in [0.29, 0.717) is 12.8 Å². The van der Waals surface area contributed by atoms with Gasteiger partial charge in [-0.3, -0.25) is 13.8 Å². The van der Waals surface area contributed by atoms with Crippen molar-refractivity contribution >= 4 is 13.7 Å². The van der Waals surface area contributed by atoms with Crippen molar-refractivity contribution in [1.82, 2.24) is 5.32 Å². The Bertz CT molecular complexity index is 1250. The van der Waals surface area contributed by atoms with E-state index in [9.17, 15) is 19.4 Å². The molecule has 0 aromatic heterocycles. The molecular weight excluding hydrogens is 732 g/mol. The Morgan fingerprint density at radius 3 is 1.54 bits per heavy atom. The molecule has 0 aliphatic rings. The number of phosphoric ester groups is 1. The molecule has 0 saturated heterocycles. The predicted octanol–water partition coefficient (Wildman–Crippen LogP) is 12.6. The highest BCUT2D eigenvalue weighted by Crippen LogP contribution is 2.43. The molecule has 0 radical (unpaired) electrons. The summed E-state index contributed by atoms with van der Waals surface area (Å²) >= 11 is 0. The minimum absolute atomic E-state index is 0.0541. The molecule has 0 spiro atoms. The SMILES string of the molecule is CC/C=C\C/C=C\C/C=C\C/C=C\C/C=C\C/C=C\CCC(=O)NC(COP(=O)(O)OCCN)C(O)/C=C/CC/C=C/CC/C=C/CCCCCCCCCCC. The number of aliphatic hydroxyl groups excluding tert-OH is 1. The third kappa shape index (κ3) is 41.1. The molecular formula is C48H81N2O6P. The third-order valence-electron chi connectivity index (χ3n) is 8.82. The summed E-state index contributed by atoms with van der Waals surface area (Å²) in [5.41, 5.74) is 5.36. The summed E-state index contributed by atoms with van der Waals surface area (Å²) in [6.07, 6.45) is 60.1. The van der Waals surface area contributed by atoms with Crippen LogP contribution in [-0.4, -0.2) is 47.8 Å². The molecule has 0 aromatic carbocycles. The van der Waals surface area contributed by atoms with Crippen LogP contribution in [0.4, 0.5) is 0 Å². The van der Waals surface area contributed by atoms with Gasteiger partial charge in [-0.1, -0.05) is 175 Å². The van der Waals surface area contributed by atoms with Crippen LogP contribution in [-0.2, 0) is 18.4 Å². The first-order valence-corrected chi connectivity index (χ1v) is 23.5. The standard InChI is InChI=1S/C48H81N2O6P/c1-3-5-7-9-11-13-15-17-19-21-23-25-27-29-31-33-35-37-39-41-47(51)46(45-56-57(53,54)55-44-43-49)50-48(52)42-40-38-36-34-32-30-28-26-24-22-20-18-16-14-12-10-8-6-4-2/h6,8,12,14,18,20,23-26,30-33,36,38-39,41,46-47,51H,3-5,7,9-11,13,15-17,19,21-22,27-29,34-35,37,40,42-45,49H2,1-2H3,(H,50,52)(H,53,54)/b8-6-,14-12-,20-18-,25-23+,26-24-,32-30-,33-31+,38-36-,41-39+. The van der Waals surface area contributed by atoms with Gasteiger partial charge in [0.1, 0.15) is 0 Å². The Hall–Kier alpha value is -2.84. The van der Waals surface area contributed by atoms with Crippen LogP contribution in [0.5, 0.6) is 0 Å². The van der Waals surface area contributed by atoms with E-state index in [4.69, 9.17) is 14.8 Å². The van der Waals surface area contributed by atoms with Crippen molar-refractivity contribution in [3.63, 3.8) is 0 Å². The second-order valence-electron chi connectivity index (χ2n) is 14.1. The van der Waals surface area contributed by atoms with Crippen molar-refractivity contribution in [2.24, 2.45) is 5.73 Å². The summed E-state index contributed by atoms with van der Waals surface area (Å²) in [5, 5.41) is 13.6. The van der Waals surface area contributed by atoms with Gasteiger partial charge in [0.2, 0.25) is 5.91 Å². The molecule has 3 atom stereocenters. The van der Waals surface area contributed by atoms with E-state index in [0.717, 1.165) is 57.8 Å². The number of carbonyl (C=O) groups excluding carboxylic acids is 1. The number of unbranched alkanes of at least 4 members (excludes halogenated alkanes) is 11. The first-order chi connectivity index (χ1) is 27.9. The molecule has 0 saturated carbocycles. The first-order valence-electron chi connectivity index (χ1n) is 22.0. The van der Waals surface area contributed by atoms with Gasteiger partial charge in [0.15, 0.2) is 0 Å². The molecule has 3 unspecified atom stereocenters. The van der Waals surface area contributed by atoms with Gasteiger partial charge in [-0.2, -0.15) is 0 Å². The molecule has 0 aliphatic heterocycles. The van der Waals surface area contributed by atoms with Crippen LogP contribution in [0.1, 0.15) is 155 Å². The van der Waals surface area contributed by atoms with Gasteiger partial charge < -0.3 is 21.1 Å². The molecule has 0 bridgehead atoms. The molecule has 0 rings (SSSR count). The first kappa shape index (κ1) is 54.2. The van der Waals surface area contributed by atoms with Gasteiger partial charge in [0, 0.05) is 13.0 Å². The van der Waals surface area contributed by atoms with Crippen molar-refractivity contribution in [3.05, 3.63) is 109 Å². The van der Waals surface area contributed by atoms with Gasteiger partial charge in [-0.05, 0) is 83.5 Å². The zero-order chi connectivity index (χ0) is 41.8. The molecule has 5 N–H and O–H groups in total. The smallest absolute Gasteiger partial charge is 0.387 e. The molecule has 8 nitrogen and oxygen atoms in total. The van der Waals surface area contributed by atoms with Gasteiger partial charge >= 0.3 is 7.82 Å². The molecule has 57 heavy (non-hydrogen) atoms. The lowest BCUT2D eigenvalue weighted by Crippen LogP contribution is -2.45. The lowest BCUT2D eigenvalue weighted by atomic mass is 10.1. The van der Waals surface area contributed by atoms with Crippen LogP contribution in [0.15, 0.2) is 109 Å². The molecule has 0 fully saturated rings. The van der Waals surface area contributed by atoms with Crippen LogP contribution in [0.3, 0.4) is 0 Å². The minimum atomic E-state index is -4.38. The van der Waals surface area contributed by atoms with Crippen LogP contribution in [0.2, 0.25) is 0 Å². The monoisotopic (exact) mass is 813 g/mol.